The van der Waals surface area contributed by atoms with Gasteiger partial charge in [-0.3, -0.25) is 4.79 Å². The molecule has 2 heterocycles. The smallest absolute Gasteiger partial charge is 0.305 e. The molecule has 18 heavy (non-hydrogen) atoms. The molecule has 4 nitrogen and oxygen atoms in total. The van der Waals surface area contributed by atoms with Gasteiger partial charge in [0, 0.05) is 42.7 Å². The second kappa shape index (κ2) is 4.46. The molecular weight excluding hydrogens is 228 g/mol. The quantitative estimate of drug-likeness (QED) is 0.865. The molecule has 0 unspecified atom stereocenters. The number of aryl methyl sites for hydroxylation is 1. The molecule has 0 fully saturated rings. The molecule has 0 aliphatic carbocycles. The number of aromatic nitrogens is 1. The highest BCUT2D eigenvalue weighted by Crippen LogP contribution is 2.28. The SMILES string of the molecule is O=C(O)CCn1c2c(c3ccccc31)CNCC2. The average molecular weight is 244 g/mol. The molecule has 94 valence electrons. The van der Waals surface area contributed by atoms with E-state index < -0.39 is 5.97 Å². The summed E-state index contributed by atoms with van der Waals surface area (Å²) >= 11 is 0. The van der Waals surface area contributed by atoms with Gasteiger partial charge in [-0.05, 0) is 11.6 Å². The van der Waals surface area contributed by atoms with Gasteiger partial charge in [-0.2, -0.15) is 0 Å². The highest BCUT2D eigenvalue weighted by molar-refractivity contribution is 5.86. The zero-order chi connectivity index (χ0) is 12.5. The van der Waals surface area contributed by atoms with Crippen LogP contribution in [0.1, 0.15) is 17.7 Å². The lowest BCUT2D eigenvalue weighted by molar-refractivity contribution is -0.137. The first kappa shape index (κ1) is 11.3. The van der Waals surface area contributed by atoms with E-state index in [1.54, 1.807) is 0 Å². The van der Waals surface area contributed by atoms with Gasteiger partial charge in [-0.15, -0.1) is 0 Å². The molecule has 1 aliphatic heterocycles. The fourth-order valence-electron chi connectivity index (χ4n) is 2.79. The molecule has 2 N–H and O–H groups in total. The maximum Gasteiger partial charge on any atom is 0.305 e. The zero-order valence-electron chi connectivity index (χ0n) is 10.1. The van der Waals surface area contributed by atoms with Gasteiger partial charge in [0.25, 0.3) is 0 Å². The molecule has 4 heteroatoms. The van der Waals surface area contributed by atoms with Crippen LogP contribution in [0.5, 0.6) is 0 Å². The van der Waals surface area contributed by atoms with Crippen molar-refractivity contribution in [1.29, 1.82) is 0 Å². The first-order valence-corrected chi connectivity index (χ1v) is 6.29. The summed E-state index contributed by atoms with van der Waals surface area (Å²) in [6.07, 6.45) is 1.15. The van der Waals surface area contributed by atoms with Gasteiger partial charge in [0.1, 0.15) is 0 Å². The third kappa shape index (κ3) is 1.78. The van der Waals surface area contributed by atoms with Crippen molar-refractivity contribution in [2.45, 2.75) is 25.9 Å². The number of fused-ring (bicyclic) bond motifs is 3. The highest BCUT2D eigenvalue weighted by Gasteiger charge is 2.19. The number of nitrogens with zero attached hydrogens (tertiary/aromatic N) is 1. The van der Waals surface area contributed by atoms with E-state index in [1.807, 2.05) is 12.1 Å². The predicted molar refractivity (Wildman–Crippen MR) is 69.6 cm³/mol. The van der Waals surface area contributed by atoms with Gasteiger partial charge in [0.15, 0.2) is 0 Å². The first-order chi connectivity index (χ1) is 8.77. The van der Waals surface area contributed by atoms with Gasteiger partial charge in [0.2, 0.25) is 0 Å². The monoisotopic (exact) mass is 244 g/mol. The Bertz CT molecular complexity index is 601. The van der Waals surface area contributed by atoms with Crippen molar-refractivity contribution in [2.75, 3.05) is 6.54 Å². The summed E-state index contributed by atoms with van der Waals surface area (Å²) in [6.45, 7) is 2.41. The molecule has 3 rings (SSSR count). The Balaban J connectivity index is 2.13. The third-order valence-electron chi connectivity index (χ3n) is 3.58. The lowest BCUT2D eigenvalue weighted by atomic mass is 10.1. The minimum absolute atomic E-state index is 0.179. The fourth-order valence-corrected chi connectivity index (χ4v) is 2.79. The Morgan fingerprint density at radius 3 is 3.06 bits per heavy atom. The molecule has 0 radical (unpaired) electrons. The topological polar surface area (TPSA) is 54.3 Å². The number of nitrogens with one attached hydrogen (secondary N) is 1. The Kier molecular flexibility index (Phi) is 2.80. The molecule has 0 bridgehead atoms. The van der Waals surface area contributed by atoms with Crippen molar-refractivity contribution in [3.63, 3.8) is 0 Å². The van der Waals surface area contributed by atoms with E-state index in [4.69, 9.17) is 5.11 Å². The van der Waals surface area contributed by atoms with Crippen LogP contribution in [0.2, 0.25) is 0 Å². The number of carboxylic acids is 1. The summed E-state index contributed by atoms with van der Waals surface area (Å²) in [6, 6.07) is 8.26. The number of para-hydroxylation sites is 1. The number of hydrogen-bond acceptors (Lipinski definition) is 2. The number of carboxylic acid groups (broad SMARTS) is 1. The minimum atomic E-state index is -0.740. The summed E-state index contributed by atoms with van der Waals surface area (Å²) < 4.78 is 2.18. The van der Waals surface area contributed by atoms with Crippen LogP contribution in [0.3, 0.4) is 0 Å². The standard InChI is InChI=1S/C14H16N2O2/c17-14(18)6-8-16-12-4-2-1-3-10(12)11-9-15-7-5-13(11)16/h1-4,15H,5-9H2,(H,17,18). The van der Waals surface area contributed by atoms with E-state index in [9.17, 15) is 4.79 Å². The average Bonchev–Trinajstić information content (AvgIpc) is 2.71. The Morgan fingerprint density at radius 1 is 1.39 bits per heavy atom. The number of rotatable bonds is 3. The van der Waals surface area contributed by atoms with Crippen LogP contribution >= 0.6 is 0 Å². The lowest BCUT2D eigenvalue weighted by Gasteiger charge is -2.16. The maximum atomic E-state index is 10.8. The van der Waals surface area contributed by atoms with Gasteiger partial charge in [0.05, 0.1) is 6.42 Å². The molecule has 0 saturated carbocycles. The molecular formula is C14H16N2O2. The number of hydrogen-bond donors (Lipinski definition) is 2. The predicted octanol–water partition coefficient (Wildman–Crippen LogP) is 1.76. The Morgan fingerprint density at radius 2 is 2.22 bits per heavy atom. The normalized spacial score (nSPS) is 14.7. The van der Waals surface area contributed by atoms with Crippen molar-refractivity contribution in [3.8, 4) is 0 Å². The highest BCUT2D eigenvalue weighted by atomic mass is 16.4. The maximum absolute atomic E-state index is 10.8. The summed E-state index contributed by atoms with van der Waals surface area (Å²) in [5.41, 5.74) is 3.80. The molecule has 0 spiro atoms. The lowest BCUT2D eigenvalue weighted by Crippen LogP contribution is -2.24. The Hall–Kier alpha value is -1.81. The second-order valence-electron chi connectivity index (χ2n) is 4.66. The van der Waals surface area contributed by atoms with Gasteiger partial charge >= 0.3 is 5.97 Å². The summed E-state index contributed by atoms with van der Waals surface area (Å²) in [5, 5.41) is 13.5. The largest absolute Gasteiger partial charge is 0.481 e. The van der Waals surface area contributed by atoms with E-state index in [-0.39, 0.29) is 6.42 Å². The van der Waals surface area contributed by atoms with Crippen LogP contribution in [-0.2, 0) is 24.3 Å². The zero-order valence-corrected chi connectivity index (χ0v) is 10.1. The van der Waals surface area contributed by atoms with Gasteiger partial charge in [-0.25, -0.2) is 0 Å². The van der Waals surface area contributed by atoms with Crippen LogP contribution < -0.4 is 5.32 Å². The molecule has 0 amide bonds. The first-order valence-electron chi connectivity index (χ1n) is 6.29. The molecule has 2 aromatic rings. The fraction of sp³-hybridized carbons (Fsp3) is 0.357. The minimum Gasteiger partial charge on any atom is -0.481 e. The van der Waals surface area contributed by atoms with Gasteiger partial charge < -0.3 is 15.0 Å². The van der Waals surface area contributed by atoms with E-state index >= 15 is 0 Å². The van der Waals surface area contributed by atoms with Crippen LogP contribution in [0.15, 0.2) is 24.3 Å². The van der Waals surface area contributed by atoms with Crippen molar-refractivity contribution < 1.29 is 9.90 Å². The van der Waals surface area contributed by atoms with Crippen molar-refractivity contribution in [3.05, 3.63) is 35.5 Å². The van der Waals surface area contributed by atoms with Gasteiger partial charge in [-0.1, -0.05) is 18.2 Å². The van der Waals surface area contributed by atoms with Crippen LogP contribution in [0.25, 0.3) is 10.9 Å². The molecule has 1 aromatic carbocycles. The third-order valence-corrected chi connectivity index (χ3v) is 3.58. The van der Waals surface area contributed by atoms with E-state index in [2.05, 4.69) is 22.0 Å². The summed E-state index contributed by atoms with van der Waals surface area (Å²) in [5.74, 6) is -0.740. The van der Waals surface area contributed by atoms with E-state index in [0.29, 0.717) is 6.54 Å². The van der Waals surface area contributed by atoms with E-state index in [1.165, 1.54) is 16.6 Å². The summed E-state index contributed by atoms with van der Waals surface area (Å²) in [7, 11) is 0. The Labute approximate surface area is 105 Å². The number of carbonyl (C=O) groups is 1. The molecule has 1 aromatic heterocycles. The number of aliphatic carboxylic acids is 1. The van der Waals surface area contributed by atoms with Crippen molar-refractivity contribution >= 4 is 16.9 Å². The second-order valence-corrected chi connectivity index (χ2v) is 4.66. The van der Waals surface area contributed by atoms with Crippen LogP contribution in [0.4, 0.5) is 0 Å². The molecule has 0 saturated heterocycles. The summed E-state index contributed by atoms with van der Waals surface area (Å²) in [4.78, 5) is 10.8. The molecule has 1 aliphatic rings. The van der Waals surface area contributed by atoms with E-state index in [0.717, 1.165) is 25.0 Å². The van der Waals surface area contributed by atoms with Crippen LogP contribution in [-0.4, -0.2) is 22.2 Å². The van der Waals surface area contributed by atoms with Crippen molar-refractivity contribution in [2.24, 2.45) is 0 Å². The molecule has 0 atom stereocenters. The van der Waals surface area contributed by atoms with Crippen LogP contribution in [0, 0.1) is 0 Å². The number of benzene rings is 1. The van der Waals surface area contributed by atoms with Crippen molar-refractivity contribution in [1.82, 2.24) is 9.88 Å².